The van der Waals surface area contributed by atoms with E-state index < -0.39 is 7.32 Å². The maximum atomic E-state index is 7.17. The second kappa shape index (κ2) is 21.2. The van der Waals surface area contributed by atoms with Crippen LogP contribution in [0.3, 0.4) is 0 Å². The van der Waals surface area contributed by atoms with Crippen molar-refractivity contribution in [2.24, 2.45) is 0 Å². The summed E-state index contributed by atoms with van der Waals surface area (Å²) in [6.07, 6.45) is 9.58. The minimum Gasteiger partial charge on any atom is -0.402 e. The molecular formula is C8H21BF4N2O3. The molecule has 5 nitrogen and oxygen atoms in total. The summed E-state index contributed by atoms with van der Waals surface area (Å²) in [5.74, 6) is 0. The smallest absolute Gasteiger partial charge is 0.402 e. The summed E-state index contributed by atoms with van der Waals surface area (Å²) >= 11 is 0. The van der Waals surface area contributed by atoms with Crippen LogP contribution in [-0.4, -0.2) is 31.9 Å². The molecule has 1 aromatic heterocycles. The topological polar surface area (TPSA) is 78.5 Å². The van der Waals surface area contributed by atoms with Gasteiger partial charge in [0.25, 0.3) is 0 Å². The lowest BCUT2D eigenvalue weighted by Gasteiger charge is -1.98. The summed E-state index contributed by atoms with van der Waals surface area (Å²) in [6.45, 7) is 3.34. The van der Waals surface area contributed by atoms with Crippen molar-refractivity contribution in [3.8, 4) is 0 Å². The average Bonchev–Trinajstić information content (AvgIpc) is 2.56. The maximum Gasteiger partial charge on any atom is 0.631 e. The Balaban J connectivity index is -0.0000000635. The molecule has 0 atom stereocenters. The van der Waals surface area contributed by atoms with Crippen LogP contribution in [0.25, 0.3) is 0 Å². The molecule has 0 aliphatic carbocycles. The van der Waals surface area contributed by atoms with Gasteiger partial charge >= 0.3 is 7.32 Å². The van der Waals surface area contributed by atoms with Gasteiger partial charge in [-0.1, -0.05) is 19.8 Å². The summed E-state index contributed by atoms with van der Waals surface area (Å²) in [4.78, 5) is 3.96. The molecule has 1 rings (SSSR count). The molecule has 0 amide bonds. The highest BCUT2D eigenvalue weighted by molar-refractivity contribution is 6.30. The summed E-state index contributed by atoms with van der Waals surface area (Å²) in [7, 11) is -2.17. The van der Waals surface area contributed by atoms with Crippen LogP contribution in [0, 0.1) is 0 Å². The van der Waals surface area contributed by atoms with Gasteiger partial charge in [-0.2, -0.15) is 0 Å². The number of hydrogen-bond donors (Lipinski definition) is 3. The molecule has 0 aliphatic heterocycles. The van der Waals surface area contributed by atoms with E-state index in [1.165, 1.54) is 19.3 Å². The van der Waals surface area contributed by atoms with Crippen molar-refractivity contribution in [3.63, 3.8) is 0 Å². The van der Waals surface area contributed by atoms with Crippen molar-refractivity contribution in [1.29, 1.82) is 0 Å². The predicted molar refractivity (Wildman–Crippen MR) is 64.2 cm³/mol. The number of hydrogen-bond acceptors (Lipinski definition) is 4. The molecule has 3 N–H and O–H groups in total. The zero-order valence-corrected chi connectivity index (χ0v) is 10.0. The molecule has 112 valence electrons. The standard InChI is InChI=1S/C8H14N2.BH3O3.4FH/c1-2-3-4-6-10-7-5-9-8-10;2-1(3)4;;;;/h5,7-8H,2-4,6H2,1H3;2-4H;4*1H. The molecule has 1 aromatic rings. The van der Waals surface area contributed by atoms with Gasteiger partial charge in [0.2, 0.25) is 0 Å². The molecule has 0 spiro atoms. The van der Waals surface area contributed by atoms with Crippen LogP contribution in [0.15, 0.2) is 18.7 Å². The molecule has 0 aliphatic rings. The molecule has 0 radical (unpaired) electrons. The van der Waals surface area contributed by atoms with E-state index in [9.17, 15) is 0 Å². The fraction of sp³-hybridized carbons (Fsp3) is 0.625. The molecule has 0 unspecified atom stereocenters. The first-order valence-corrected chi connectivity index (χ1v) is 4.66. The summed E-state index contributed by atoms with van der Waals surface area (Å²) < 4.78 is 2.12. The van der Waals surface area contributed by atoms with Crippen molar-refractivity contribution in [2.75, 3.05) is 0 Å². The summed E-state index contributed by atoms with van der Waals surface area (Å²) in [5, 5.41) is 21.5. The fourth-order valence-corrected chi connectivity index (χ4v) is 0.963. The van der Waals surface area contributed by atoms with Gasteiger partial charge < -0.3 is 19.6 Å². The highest BCUT2D eigenvalue weighted by Gasteiger charge is 1.92. The van der Waals surface area contributed by atoms with E-state index >= 15 is 0 Å². The molecule has 1 heterocycles. The normalized spacial score (nSPS) is 7.11. The molecule has 18 heavy (non-hydrogen) atoms. The minimum absolute atomic E-state index is 0. The third-order valence-electron chi connectivity index (χ3n) is 1.58. The Morgan fingerprint density at radius 3 is 1.89 bits per heavy atom. The number of aromatic nitrogens is 2. The SMILES string of the molecule is CCCCCn1ccnc1.F.F.F.F.OB(O)O. The maximum absolute atomic E-state index is 7.17. The second-order valence-electron chi connectivity index (χ2n) is 2.85. The molecule has 10 heteroatoms. The van der Waals surface area contributed by atoms with Gasteiger partial charge in [-0.25, -0.2) is 4.98 Å². The molecule has 0 bridgehead atoms. The quantitative estimate of drug-likeness (QED) is 0.429. The van der Waals surface area contributed by atoms with E-state index in [0.717, 1.165) is 6.54 Å². The molecular weight excluding hydrogens is 259 g/mol. The molecule has 0 saturated carbocycles. The third kappa shape index (κ3) is 24.2. The summed E-state index contributed by atoms with van der Waals surface area (Å²) in [5.41, 5.74) is 0. The van der Waals surface area contributed by atoms with Crippen LogP contribution in [0.2, 0.25) is 0 Å². The zero-order valence-electron chi connectivity index (χ0n) is 10.0. The fourth-order valence-electron chi connectivity index (χ4n) is 0.963. The van der Waals surface area contributed by atoms with Crippen LogP contribution in [0.4, 0.5) is 18.8 Å². The van der Waals surface area contributed by atoms with E-state index in [1.54, 1.807) is 0 Å². The zero-order chi connectivity index (χ0) is 10.8. The van der Waals surface area contributed by atoms with Crippen LogP contribution >= 0.6 is 0 Å². The van der Waals surface area contributed by atoms with Gasteiger partial charge in [0.15, 0.2) is 0 Å². The van der Waals surface area contributed by atoms with Gasteiger partial charge in [-0.05, 0) is 6.42 Å². The number of nitrogens with zero attached hydrogens (tertiary/aromatic N) is 2. The Morgan fingerprint density at radius 2 is 1.56 bits per heavy atom. The number of imidazole rings is 1. The molecule has 0 fully saturated rings. The molecule has 0 aromatic carbocycles. The lowest BCUT2D eigenvalue weighted by atomic mass is 10.2. The van der Waals surface area contributed by atoms with Crippen LogP contribution < -0.4 is 0 Å². The van der Waals surface area contributed by atoms with Crippen LogP contribution in [0.5, 0.6) is 0 Å². The Hall–Kier alpha value is -1.13. The largest absolute Gasteiger partial charge is 0.631 e. The van der Waals surface area contributed by atoms with E-state index in [4.69, 9.17) is 15.1 Å². The Bertz CT molecular complexity index is 215. The highest BCUT2D eigenvalue weighted by Crippen LogP contribution is 1.97. The third-order valence-corrected chi connectivity index (χ3v) is 1.58. The highest BCUT2D eigenvalue weighted by atomic mass is 19.0. The Labute approximate surface area is 103 Å². The number of aryl methyl sites for hydroxylation is 1. The van der Waals surface area contributed by atoms with Gasteiger partial charge in [0.1, 0.15) is 0 Å². The lowest BCUT2D eigenvalue weighted by molar-refractivity contribution is 0.278. The van der Waals surface area contributed by atoms with E-state index in [0.29, 0.717) is 0 Å². The lowest BCUT2D eigenvalue weighted by Crippen LogP contribution is -2.07. The van der Waals surface area contributed by atoms with Crippen LogP contribution in [0.1, 0.15) is 26.2 Å². The van der Waals surface area contributed by atoms with Crippen molar-refractivity contribution in [2.45, 2.75) is 32.7 Å². The predicted octanol–water partition coefficient (Wildman–Crippen LogP) is 0.632. The second-order valence-corrected chi connectivity index (χ2v) is 2.85. The van der Waals surface area contributed by atoms with Crippen molar-refractivity contribution >= 4 is 7.32 Å². The monoisotopic (exact) mass is 280 g/mol. The van der Waals surface area contributed by atoms with Crippen molar-refractivity contribution < 1.29 is 33.9 Å². The van der Waals surface area contributed by atoms with E-state index in [-0.39, 0.29) is 18.8 Å². The van der Waals surface area contributed by atoms with Gasteiger partial charge in [0.05, 0.1) is 6.33 Å². The van der Waals surface area contributed by atoms with E-state index in [1.807, 2.05) is 18.7 Å². The van der Waals surface area contributed by atoms with Crippen LogP contribution in [-0.2, 0) is 6.54 Å². The van der Waals surface area contributed by atoms with E-state index in [2.05, 4.69) is 16.5 Å². The van der Waals surface area contributed by atoms with Crippen molar-refractivity contribution in [3.05, 3.63) is 18.7 Å². The first-order chi connectivity index (χ1) is 6.66. The number of halogens is 4. The minimum atomic E-state index is -2.17. The first kappa shape index (κ1) is 30.2. The Morgan fingerprint density at radius 1 is 1.06 bits per heavy atom. The number of unbranched alkanes of at least 4 members (excludes halogenated alkanes) is 2. The Kier molecular flexibility index (Phi) is 35.5. The molecule has 0 saturated heterocycles. The summed E-state index contributed by atoms with van der Waals surface area (Å²) in [6, 6.07) is 0. The van der Waals surface area contributed by atoms with Gasteiger partial charge in [0, 0.05) is 18.9 Å². The average molecular weight is 280 g/mol. The van der Waals surface area contributed by atoms with Gasteiger partial charge in [-0.3, -0.25) is 18.8 Å². The first-order valence-electron chi connectivity index (χ1n) is 4.66. The van der Waals surface area contributed by atoms with Crippen molar-refractivity contribution in [1.82, 2.24) is 9.55 Å². The number of rotatable bonds is 4. The van der Waals surface area contributed by atoms with Gasteiger partial charge in [-0.15, -0.1) is 0 Å².